The topological polar surface area (TPSA) is 81.4 Å². The maximum atomic E-state index is 11.2. The molecular weight excluding hydrogens is 204 g/mol. The largest absolute Gasteiger partial charge is 0.465 e. The summed E-state index contributed by atoms with van der Waals surface area (Å²) >= 11 is 1.35. The van der Waals surface area contributed by atoms with Crippen LogP contribution in [0.5, 0.6) is 0 Å². The molecule has 3 N–H and O–H groups in total. The molecule has 0 atom stereocenters. The number of anilines is 1. The van der Waals surface area contributed by atoms with Crippen molar-refractivity contribution in [2.45, 2.75) is 6.92 Å². The van der Waals surface area contributed by atoms with Crippen LogP contribution in [0.4, 0.5) is 10.5 Å². The van der Waals surface area contributed by atoms with Crippen molar-refractivity contribution in [2.75, 3.05) is 12.4 Å². The van der Waals surface area contributed by atoms with E-state index in [1.165, 1.54) is 18.4 Å². The van der Waals surface area contributed by atoms with Gasteiger partial charge in [-0.2, -0.15) is 0 Å². The fourth-order valence-electron chi connectivity index (χ4n) is 0.993. The highest BCUT2D eigenvalue weighted by Crippen LogP contribution is 2.27. The lowest BCUT2D eigenvalue weighted by atomic mass is 10.2. The molecule has 76 valence electrons. The van der Waals surface area contributed by atoms with E-state index in [1.54, 1.807) is 12.3 Å². The Balaban J connectivity index is 3.05. The summed E-state index contributed by atoms with van der Waals surface area (Å²) in [6.07, 6.45) is 0. The van der Waals surface area contributed by atoms with Crippen molar-refractivity contribution in [3.05, 3.63) is 15.8 Å². The first-order valence-corrected chi connectivity index (χ1v) is 4.67. The number of rotatable bonds is 2. The van der Waals surface area contributed by atoms with E-state index < -0.39 is 12.0 Å². The van der Waals surface area contributed by atoms with Crippen molar-refractivity contribution in [3.8, 4) is 0 Å². The minimum absolute atomic E-state index is 0.328. The van der Waals surface area contributed by atoms with E-state index in [0.717, 1.165) is 4.88 Å². The first kappa shape index (κ1) is 10.5. The van der Waals surface area contributed by atoms with Crippen LogP contribution in [0.25, 0.3) is 0 Å². The molecule has 0 aliphatic rings. The second-order valence-electron chi connectivity index (χ2n) is 2.56. The van der Waals surface area contributed by atoms with Crippen molar-refractivity contribution in [1.29, 1.82) is 0 Å². The number of urea groups is 1. The first-order valence-electron chi connectivity index (χ1n) is 3.79. The van der Waals surface area contributed by atoms with Crippen LogP contribution in [-0.4, -0.2) is 19.1 Å². The molecule has 1 heterocycles. The number of carbonyl (C=O) groups excluding carboxylic acids is 2. The van der Waals surface area contributed by atoms with E-state index >= 15 is 0 Å². The van der Waals surface area contributed by atoms with Gasteiger partial charge in [0.25, 0.3) is 0 Å². The number of ether oxygens (including phenoxy) is 1. The van der Waals surface area contributed by atoms with E-state index in [1.807, 2.05) is 0 Å². The van der Waals surface area contributed by atoms with Crippen LogP contribution in [0.2, 0.25) is 0 Å². The van der Waals surface area contributed by atoms with Crippen LogP contribution in [0.15, 0.2) is 5.38 Å². The lowest BCUT2D eigenvalue weighted by molar-refractivity contribution is 0.0602. The van der Waals surface area contributed by atoms with Gasteiger partial charge in [-0.15, -0.1) is 11.3 Å². The summed E-state index contributed by atoms with van der Waals surface area (Å²) in [4.78, 5) is 22.7. The third-order valence-electron chi connectivity index (χ3n) is 1.63. The molecule has 2 amide bonds. The van der Waals surface area contributed by atoms with Crippen molar-refractivity contribution in [3.63, 3.8) is 0 Å². The van der Waals surface area contributed by atoms with Gasteiger partial charge in [0.2, 0.25) is 0 Å². The van der Waals surface area contributed by atoms with Gasteiger partial charge in [0.05, 0.1) is 18.4 Å². The summed E-state index contributed by atoms with van der Waals surface area (Å²) in [5.41, 5.74) is 5.72. The SMILES string of the molecule is COC(=O)c1csc(C)c1NC(N)=O. The van der Waals surface area contributed by atoms with E-state index in [9.17, 15) is 9.59 Å². The molecule has 0 aliphatic heterocycles. The molecule has 6 heteroatoms. The standard InChI is InChI=1S/C8H10N2O3S/c1-4-6(10-8(9)12)5(3-14-4)7(11)13-2/h3H,1-2H3,(H3,9,10,12). The molecule has 0 unspecified atom stereocenters. The van der Waals surface area contributed by atoms with Crippen molar-refractivity contribution in [1.82, 2.24) is 0 Å². The number of hydrogen-bond donors (Lipinski definition) is 2. The van der Waals surface area contributed by atoms with Crippen molar-refractivity contribution < 1.29 is 14.3 Å². The van der Waals surface area contributed by atoms with Gasteiger partial charge >= 0.3 is 12.0 Å². The van der Waals surface area contributed by atoms with Crippen molar-refractivity contribution >= 4 is 29.0 Å². The van der Waals surface area contributed by atoms with Gasteiger partial charge in [-0.25, -0.2) is 9.59 Å². The van der Waals surface area contributed by atoms with E-state index in [4.69, 9.17) is 5.73 Å². The predicted octanol–water partition coefficient (Wildman–Crippen LogP) is 1.33. The summed E-state index contributed by atoms with van der Waals surface area (Å²) in [6, 6.07) is -0.698. The minimum Gasteiger partial charge on any atom is -0.465 e. The molecule has 5 nitrogen and oxygen atoms in total. The lowest BCUT2D eigenvalue weighted by Gasteiger charge is -2.03. The molecule has 0 spiro atoms. The number of hydrogen-bond acceptors (Lipinski definition) is 4. The normalized spacial score (nSPS) is 9.57. The summed E-state index contributed by atoms with van der Waals surface area (Å²) < 4.78 is 4.55. The number of carbonyl (C=O) groups is 2. The number of nitrogens with one attached hydrogen (secondary N) is 1. The average molecular weight is 214 g/mol. The summed E-state index contributed by atoms with van der Waals surface area (Å²) in [6.45, 7) is 1.78. The van der Waals surface area contributed by atoms with Gasteiger partial charge < -0.3 is 15.8 Å². The zero-order chi connectivity index (χ0) is 10.7. The Hall–Kier alpha value is -1.56. The Morgan fingerprint density at radius 3 is 2.71 bits per heavy atom. The monoisotopic (exact) mass is 214 g/mol. The molecule has 0 bridgehead atoms. The summed E-state index contributed by atoms with van der Waals surface area (Å²) in [5, 5.41) is 4.00. The summed E-state index contributed by atoms with van der Waals surface area (Å²) in [7, 11) is 1.28. The Bertz CT molecular complexity index is 373. The Morgan fingerprint density at radius 2 is 2.21 bits per heavy atom. The minimum atomic E-state index is -0.698. The van der Waals surface area contributed by atoms with Gasteiger partial charge in [-0.1, -0.05) is 0 Å². The van der Waals surface area contributed by atoms with Gasteiger partial charge in [-0.3, -0.25) is 0 Å². The van der Waals surface area contributed by atoms with E-state index in [-0.39, 0.29) is 0 Å². The molecule has 0 radical (unpaired) electrons. The van der Waals surface area contributed by atoms with Gasteiger partial charge in [-0.05, 0) is 6.92 Å². The van der Waals surface area contributed by atoms with Gasteiger partial charge in [0.15, 0.2) is 0 Å². The molecule has 0 saturated heterocycles. The number of aryl methyl sites for hydroxylation is 1. The zero-order valence-electron chi connectivity index (χ0n) is 7.79. The third kappa shape index (κ3) is 2.02. The number of esters is 1. The first-order chi connectivity index (χ1) is 6.56. The Kier molecular flexibility index (Phi) is 3.08. The van der Waals surface area contributed by atoms with Gasteiger partial charge in [0.1, 0.15) is 0 Å². The molecule has 14 heavy (non-hydrogen) atoms. The second kappa shape index (κ2) is 4.10. The molecule has 0 saturated carbocycles. The smallest absolute Gasteiger partial charge is 0.340 e. The highest BCUT2D eigenvalue weighted by molar-refractivity contribution is 7.10. The Morgan fingerprint density at radius 1 is 1.57 bits per heavy atom. The van der Waals surface area contributed by atoms with Crippen LogP contribution in [0.1, 0.15) is 15.2 Å². The summed E-state index contributed by atoms with van der Waals surface area (Å²) in [5.74, 6) is -0.488. The fraction of sp³-hybridized carbons (Fsp3) is 0.250. The molecule has 0 fully saturated rings. The fourth-order valence-corrected chi connectivity index (χ4v) is 1.78. The highest BCUT2D eigenvalue weighted by atomic mass is 32.1. The number of thiophene rings is 1. The van der Waals surface area contributed by atoms with Crippen LogP contribution in [-0.2, 0) is 4.74 Å². The molecule has 1 aromatic rings. The van der Waals surface area contributed by atoms with Crippen molar-refractivity contribution in [2.24, 2.45) is 5.73 Å². The maximum absolute atomic E-state index is 11.2. The third-order valence-corrected chi connectivity index (χ3v) is 2.54. The molecule has 0 aliphatic carbocycles. The second-order valence-corrected chi connectivity index (χ2v) is 3.65. The molecule has 1 rings (SSSR count). The van der Waals surface area contributed by atoms with Crippen LogP contribution in [0.3, 0.4) is 0 Å². The predicted molar refractivity (Wildman–Crippen MR) is 53.6 cm³/mol. The zero-order valence-corrected chi connectivity index (χ0v) is 8.60. The quantitative estimate of drug-likeness (QED) is 0.729. The number of primary amides is 1. The van der Waals surface area contributed by atoms with Gasteiger partial charge in [0, 0.05) is 10.3 Å². The number of nitrogens with two attached hydrogens (primary N) is 1. The van der Waals surface area contributed by atoms with Crippen LogP contribution < -0.4 is 11.1 Å². The number of methoxy groups -OCH3 is 1. The van der Waals surface area contributed by atoms with E-state index in [0.29, 0.717) is 11.3 Å². The highest BCUT2D eigenvalue weighted by Gasteiger charge is 2.16. The van der Waals surface area contributed by atoms with Crippen LogP contribution in [0, 0.1) is 6.92 Å². The molecule has 0 aromatic carbocycles. The molecule has 1 aromatic heterocycles. The molecular formula is C8H10N2O3S. The maximum Gasteiger partial charge on any atom is 0.340 e. The number of amides is 2. The van der Waals surface area contributed by atoms with E-state index in [2.05, 4.69) is 10.1 Å². The van der Waals surface area contributed by atoms with Crippen LogP contribution >= 0.6 is 11.3 Å². The lowest BCUT2D eigenvalue weighted by Crippen LogP contribution is -2.21. The Labute approximate surface area is 84.9 Å². The average Bonchev–Trinajstić information content (AvgIpc) is 2.46.